The number of sulfonamides is 1. The molecule has 0 saturated carbocycles. The van der Waals surface area contributed by atoms with Crippen LogP contribution in [0.15, 0.2) is 58.8 Å². The van der Waals surface area contributed by atoms with Gasteiger partial charge >= 0.3 is 0 Å². The van der Waals surface area contributed by atoms with Gasteiger partial charge in [0.1, 0.15) is 5.82 Å². The van der Waals surface area contributed by atoms with Crippen LogP contribution in [0.1, 0.15) is 23.0 Å². The van der Waals surface area contributed by atoms with E-state index in [2.05, 4.69) is 14.8 Å². The number of fused-ring (bicyclic) bond motifs is 1. The van der Waals surface area contributed by atoms with Crippen molar-refractivity contribution < 1.29 is 17.6 Å². The van der Waals surface area contributed by atoms with Crippen molar-refractivity contribution in [1.29, 1.82) is 0 Å². The quantitative estimate of drug-likeness (QED) is 0.442. The predicted molar refractivity (Wildman–Crippen MR) is 112 cm³/mol. The minimum atomic E-state index is -3.71. The zero-order valence-electron chi connectivity index (χ0n) is 15.9. The number of halogens is 1. The number of rotatable bonds is 7. The molecule has 0 aliphatic carbocycles. The molecule has 4 rings (SSSR count). The molecule has 0 aliphatic rings. The van der Waals surface area contributed by atoms with Crippen LogP contribution in [0.4, 0.5) is 4.39 Å². The summed E-state index contributed by atoms with van der Waals surface area (Å²) in [4.78, 5) is 16.4. The minimum absolute atomic E-state index is 0.0885. The Kier molecular flexibility index (Phi) is 5.46. The first kappa shape index (κ1) is 20.3. The van der Waals surface area contributed by atoms with Gasteiger partial charge in [-0.2, -0.15) is 4.98 Å². The van der Waals surface area contributed by atoms with Gasteiger partial charge in [-0.25, -0.2) is 22.0 Å². The molecule has 2 aromatic heterocycles. The molecule has 0 spiro atoms. The second kappa shape index (κ2) is 8.05. The van der Waals surface area contributed by atoms with Crippen molar-refractivity contribution in [2.24, 2.45) is 0 Å². The third kappa shape index (κ3) is 4.02. The highest BCUT2D eigenvalue weighted by atomic mass is 32.2. The molecule has 10 heteroatoms. The Morgan fingerprint density at radius 2 is 1.90 bits per heavy atom. The van der Waals surface area contributed by atoms with E-state index in [-0.39, 0.29) is 23.0 Å². The van der Waals surface area contributed by atoms with Crippen LogP contribution in [0.2, 0.25) is 0 Å². The van der Waals surface area contributed by atoms with E-state index in [4.69, 9.17) is 0 Å². The number of Topliss-reactive ketones (excluding diaryl/α,β-unsaturated/α-hetero) is 1. The largest absolute Gasteiger partial charge is 0.295 e. The molecule has 2 aromatic carbocycles. The lowest BCUT2D eigenvalue weighted by atomic mass is 10.2. The number of carbonyl (C=O) groups is 1. The van der Waals surface area contributed by atoms with E-state index in [9.17, 15) is 17.6 Å². The summed E-state index contributed by atoms with van der Waals surface area (Å²) >= 11 is 1.35. The fourth-order valence-electron chi connectivity index (χ4n) is 2.92. The molecule has 1 N–H and O–H groups in total. The molecule has 0 atom stereocenters. The first-order chi connectivity index (χ1) is 14.3. The molecule has 0 saturated heterocycles. The fourth-order valence-corrected chi connectivity index (χ4v) is 4.81. The maximum absolute atomic E-state index is 14.0. The Labute approximate surface area is 176 Å². The molecule has 0 aliphatic heterocycles. The lowest BCUT2D eigenvalue weighted by molar-refractivity contribution is 0.101. The van der Waals surface area contributed by atoms with Gasteiger partial charge in [0.05, 0.1) is 16.2 Å². The van der Waals surface area contributed by atoms with Crippen LogP contribution >= 0.6 is 11.3 Å². The summed E-state index contributed by atoms with van der Waals surface area (Å²) in [5.74, 6) is -0.246. The lowest BCUT2D eigenvalue weighted by Crippen LogP contribution is -2.26. The summed E-state index contributed by atoms with van der Waals surface area (Å²) in [6, 6.07) is 12.1. The first-order valence-electron chi connectivity index (χ1n) is 9.04. The van der Waals surface area contributed by atoms with Crippen LogP contribution in [0, 0.1) is 5.82 Å². The predicted octanol–water partition coefficient (Wildman–Crippen LogP) is 3.32. The highest BCUT2D eigenvalue weighted by Crippen LogP contribution is 2.23. The highest BCUT2D eigenvalue weighted by molar-refractivity contribution is 7.89. The zero-order valence-corrected chi connectivity index (χ0v) is 17.5. The second-order valence-electron chi connectivity index (χ2n) is 6.57. The van der Waals surface area contributed by atoms with Crippen molar-refractivity contribution >= 4 is 32.1 Å². The molecule has 2 heterocycles. The van der Waals surface area contributed by atoms with Gasteiger partial charge in [-0.05, 0) is 31.2 Å². The van der Waals surface area contributed by atoms with E-state index in [1.165, 1.54) is 48.6 Å². The van der Waals surface area contributed by atoms with Crippen LogP contribution in [0.5, 0.6) is 0 Å². The van der Waals surface area contributed by atoms with Crippen molar-refractivity contribution in [3.63, 3.8) is 0 Å². The molecule has 30 heavy (non-hydrogen) atoms. The van der Waals surface area contributed by atoms with Crippen molar-refractivity contribution in [2.75, 3.05) is 6.54 Å². The van der Waals surface area contributed by atoms with Gasteiger partial charge in [0.2, 0.25) is 15.0 Å². The molecule has 0 unspecified atom stereocenters. The average molecular weight is 445 g/mol. The normalized spacial score (nSPS) is 11.8. The maximum Gasteiger partial charge on any atom is 0.240 e. The topological polar surface area (TPSA) is 93.4 Å². The molecule has 0 bridgehead atoms. The molecular weight excluding hydrogens is 427 g/mol. The van der Waals surface area contributed by atoms with Crippen molar-refractivity contribution in [2.45, 2.75) is 18.2 Å². The standard InChI is InChI=1S/C20H17FN4O3S2/c1-13(26)14-6-8-16(9-7-14)30(27,28)22-11-10-15-12-29-20-23-19(24-25(15)20)17-4-2-3-5-18(17)21/h2-9,12,22H,10-11H2,1H3. The molecule has 7 nitrogen and oxygen atoms in total. The summed E-state index contributed by atoms with van der Waals surface area (Å²) in [7, 11) is -3.71. The van der Waals surface area contributed by atoms with E-state index in [1.807, 2.05) is 5.38 Å². The Bertz CT molecular complexity index is 1330. The van der Waals surface area contributed by atoms with Gasteiger partial charge in [0.15, 0.2) is 11.6 Å². The van der Waals surface area contributed by atoms with Crippen LogP contribution < -0.4 is 4.72 Å². The lowest BCUT2D eigenvalue weighted by Gasteiger charge is -2.07. The number of hydrogen-bond donors (Lipinski definition) is 1. The van der Waals surface area contributed by atoms with E-state index in [0.717, 1.165) is 5.69 Å². The maximum atomic E-state index is 14.0. The summed E-state index contributed by atoms with van der Waals surface area (Å²) in [5.41, 5.74) is 1.53. The van der Waals surface area contributed by atoms with Crippen LogP contribution in [0.3, 0.4) is 0 Å². The molecule has 0 amide bonds. The molecular formula is C20H17FN4O3S2. The number of ketones is 1. The monoisotopic (exact) mass is 444 g/mol. The number of aromatic nitrogens is 3. The Hall–Kier alpha value is -2.95. The van der Waals surface area contributed by atoms with Gasteiger partial charge < -0.3 is 0 Å². The van der Waals surface area contributed by atoms with Crippen LogP contribution in [0.25, 0.3) is 16.3 Å². The highest BCUT2D eigenvalue weighted by Gasteiger charge is 2.16. The van der Waals surface area contributed by atoms with Gasteiger partial charge in [-0.15, -0.1) is 16.4 Å². The van der Waals surface area contributed by atoms with E-state index in [1.54, 1.807) is 22.7 Å². The van der Waals surface area contributed by atoms with Gasteiger partial charge in [0.25, 0.3) is 0 Å². The summed E-state index contributed by atoms with van der Waals surface area (Å²) in [6.45, 7) is 1.57. The molecule has 4 aromatic rings. The number of benzene rings is 2. The van der Waals surface area contributed by atoms with E-state index in [0.29, 0.717) is 22.5 Å². The minimum Gasteiger partial charge on any atom is -0.295 e. The first-order valence-corrected chi connectivity index (χ1v) is 11.4. The number of hydrogen-bond acceptors (Lipinski definition) is 6. The summed E-state index contributed by atoms with van der Waals surface area (Å²) < 4.78 is 43.1. The number of nitrogens with one attached hydrogen (secondary N) is 1. The summed E-state index contributed by atoms with van der Waals surface area (Å²) in [5, 5.41) is 6.21. The van der Waals surface area contributed by atoms with E-state index < -0.39 is 15.8 Å². The van der Waals surface area contributed by atoms with Crippen LogP contribution in [-0.2, 0) is 16.4 Å². The number of nitrogens with zero attached hydrogens (tertiary/aromatic N) is 3. The van der Waals surface area contributed by atoms with Gasteiger partial charge in [0, 0.05) is 23.9 Å². The Morgan fingerprint density at radius 1 is 1.17 bits per heavy atom. The SMILES string of the molecule is CC(=O)c1ccc(S(=O)(=O)NCCc2csc3nc(-c4ccccc4F)nn23)cc1. The smallest absolute Gasteiger partial charge is 0.240 e. The van der Waals surface area contributed by atoms with Gasteiger partial charge in [-0.3, -0.25) is 4.79 Å². The van der Waals surface area contributed by atoms with Crippen molar-refractivity contribution in [3.8, 4) is 11.4 Å². The van der Waals surface area contributed by atoms with E-state index >= 15 is 0 Å². The van der Waals surface area contributed by atoms with Crippen molar-refractivity contribution in [1.82, 2.24) is 19.3 Å². The second-order valence-corrected chi connectivity index (χ2v) is 9.17. The number of carbonyl (C=O) groups excluding carboxylic acids is 1. The molecule has 154 valence electrons. The van der Waals surface area contributed by atoms with Crippen molar-refractivity contribution in [3.05, 3.63) is 71.0 Å². The molecule has 0 radical (unpaired) electrons. The third-order valence-corrected chi connectivity index (χ3v) is 6.85. The Morgan fingerprint density at radius 3 is 2.60 bits per heavy atom. The number of thiazole rings is 1. The summed E-state index contributed by atoms with van der Waals surface area (Å²) in [6.07, 6.45) is 0.380. The third-order valence-electron chi connectivity index (χ3n) is 4.51. The average Bonchev–Trinajstić information content (AvgIpc) is 3.30. The van der Waals surface area contributed by atoms with Gasteiger partial charge in [-0.1, -0.05) is 24.3 Å². The van der Waals surface area contributed by atoms with Crippen LogP contribution in [-0.4, -0.2) is 35.3 Å². The fraction of sp³-hybridized carbons (Fsp3) is 0.150. The zero-order chi connectivity index (χ0) is 21.3. The molecule has 0 fully saturated rings. The Balaban J connectivity index is 1.47.